The third-order valence-electron chi connectivity index (χ3n) is 1.58. The Hall–Kier alpha value is -1.07. The molecule has 0 aliphatic rings. The minimum absolute atomic E-state index is 0.362. The average Bonchev–Trinajstić information content (AvgIpc) is 2.26. The number of carbonyl (C=O) groups excluding carboxylic acids is 1. The van der Waals surface area contributed by atoms with Crippen LogP contribution in [0.2, 0.25) is 0 Å². The smallest absolute Gasteiger partial charge is 0.331 e. The second-order valence-electron chi connectivity index (χ2n) is 2.77. The molecule has 0 aliphatic carbocycles. The first-order valence-electron chi connectivity index (χ1n) is 4.86. The lowest BCUT2D eigenvalue weighted by Gasteiger charge is -2.03. The number of ether oxygens (including phenoxy) is 3. The topological polar surface area (TPSA) is 56.8 Å². The summed E-state index contributed by atoms with van der Waals surface area (Å²) in [6.45, 7) is 2.69. The number of nitrogens with one attached hydrogen (secondary N) is 1. The molecule has 0 atom stereocenters. The van der Waals surface area contributed by atoms with Crippen molar-refractivity contribution in [2.45, 2.75) is 6.42 Å². The summed E-state index contributed by atoms with van der Waals surface area (Å²) in [6, 6.07) is 0. The second-order valence-corrected chi connectivity index (χ2v) is 2.77. The fourth-order valence-electron chi connectivity index (χ4n) is 0.799. The Bertz CT molecular complexity index is 182. The summed E-state index contributed by atoms with van der Waals surface area (Å²) < 4.78 is 14.5. The molecule has 0 aromatic heterocycles. The summed E-state index contributed by atoms with van der Waals surface area (Å²) in [7, 11) is 2.98. The van der Waals surface area contributed by atoms with Crippen molar-refractivity contribution in [1.82, 2.24) is 5.32 Å². The van der Waals surface area contributed by atoms with Crippen LogP contribution in [0.4, 0.5) is 0 Å². The molecule has 0 bridgehead atoms. The van der Waals surface area contributed by atoms with E-state index in [1.165, 1.54) is 13.2 Å². The number of hydrogen-bond donors (Lipinski definition) is 1. The quantitative estimate of drug-likeness (QED) is 0.342. The van der Waals surface area contributed by atoms with Gasteiger partial charge in [-0.3, -0.25) is 0 Å². The van der Waals surface area contributed by atoms with E-state index < -0.39 is 0 Å². The number of hydrogen-bond acceptors (Lipinski definition) is 5. The van der Waals surface area contributed by atoms with Crippen LogP contribution in [0.3, 0.4) is 0 Å². The predicted molar refractivity (Wildman–Crippen MR) is 56.5 cm³/mol. The van der Waals surface area contributed by atoms with Gasteiger partial charge in [-0.25, -0.2) is 4.79 Å². The molecule has 5 heteroatoms. The van der Waals surface area contributed by atoms with Crippen LogP contribution in [-0.2, 0) is 19.0 Å². The molecule has 0 aromatic rings. The molecule has 0 spiro atoms. The van der Waals surface area contributed by atoms with Gasteiger partial charge in [-0.15, -0.1) is 0 Å². The third-order valence-corrected chi connectivity index (χ3v) is 1.58. The highest BCUT2D eigenvalue weighted by Crippen LogP contribution is 1.82. The van der Waals surface area contributed by atoms with E-state index in [0.717, 1.165) is 13.0 Å². The fourth-order valence-corrected chi connectivity index (χ4v) is 0.799. The number of carbonyl (C=O) groups is 1. The van der Waals surface area contributed by atoms with Gasteiger partial charge in [0.15, 0.2) is 0 Å². The molecule has 0 aromatic carbocycles. The molecule has 0 radical (unpaired) electrons. The third kappa shape index (κ3) is 10.9. The highest BCUT2D eigenvalue weighted by atomic mass is 16.5. The predicted octanol–water partition coefficient (Wildman–Crippen LogP) is 0.316. The second kappa shape index (κ2) is 11.0. The van der Waals surface area contributed by atoms with Crippen molar-refractivity contribution >= 4 is 5.97 Å². The van der Waals surface area contributed by atoms with Crippen LogP contribution in [0.5, 0.6) is 0 Å². The van der Waals surface area contributed by atoms with Gasteiger partial charge >= 0.3 is 5.97 Å². The van der Waals surface area contributed by atoms with E-state index in [2.05, 4.69) is 10.1 Å². The van der Waals surface area contributed by atoms with Crippen LogP contribution in [-0.4, -0.2) is 46.6 Å². The maximum Gasteiger partial charge on any atom is 0.331 e. The van der Waals surface area contributed by atoms with E-state index in [4.69, 9.17) is 9.47 Å². The number of rotatable bonds is 9. The fraction of sp³-hybridized carbons (Fsp3) is 0.700. The molecule has 88 valence electrons. The molecular formula is C10H19NO4. The Morgan fingerprint density at radius 2 is 2.07 bits per heavy atom. The van der Waals surface area contributed by atoms with Crippen molar-refractivity contribution in [3.8, 4) is 0 Å². The zero-order valence-corrected chi connectivity index (χ0v) is 9.32. The van der Waals surface area contributed by atoms with Crippen LogP contribution in [0.15, 0.2) is 12.3 Å². The Balaban J connectivity index is 3.11. The summed E-state index contributed by atoms with van der Waals surface area (Å²) >= 11 is 0. The van der Waals surface area contributed by atoms with Gasteiger partial charge in [0, 0.05) is 32.5 Å². The molecule has 0 fully saturated rings. The summed E-state index contributed by atoms with van der Waals surface area (Å²) in [5.41, 5.74) is 0. The average molecular weight is 217 g/mol. The Kier molecular flexibility index (Phi) is 10.2. The van der Waals surface area contributed by atoms with Gasteiger partial charge < -0.3 is 19.5 Å². The van der Waals surface area contributed by atoms with E-state index in [9.17, 15) is 4.79 Å². The van der Waals surface area contributed by atoms with E-state index in [0.29, 0.717) is 19.8 Å². The molecule has 0 saturated carbocycles. The number of methoxy groups -OCH3 is 2. The molecule has 1 N–H and O–H groups in total. The SMILES string of the molecule is COCCOCCCN/C=C/C(=O)OC. The zero-order valence-electron chi connectivity index (χ0n) is 9.32. The van der Waals surface area contributed by atoms with Crippen molar-refractivity contribution < 1.29 is 19.0 Å². The first kappa shape index (κ1) is 13.9. The lowest BCUT2D eigenvalue weighted by molar-refractivity contribution is -0.134. The largest absolute Gasteiger partial charge is 0.466 e. The molecule has 0 saturated heterocycles. The Morgan fingerprint density at radius 3 is 2.73 bits per heavy atom. The monoisotopic (exact) mass is 217 g/mol. The maximum absolute atomic E-state index is 10.6. The molecule has 0 amide bonds. The van der Waals surface area contributed by atoms with Crippen molar-refractivity contribution in [2.75, 3.05) is 40.6 Å². The summed E-state index contributed by atoms with van der Waals surface area (Å²) in [5, 5.41) is 2.95. The van der Waals surface area contributed by atoms with Gasteiger partial charge in [0.25, 0.3) is 0 Å². The lowest BCUT2D eigenvalue weighted by atomic mass is 10.4. The standard InChI is InChI=1S/C10H19NO4/c1-13-8-9-15-7-3-5-11-6-4-10(12)14-2/h4,6,11H,3,5,7-9H2,1-2H3/b6-4+. The van der Waals surface area contributed by atoms with Gasteiger partial charge in [-0.1, -0.05) is 0 Å². The van der Waals surface area contributed by atoms with Crippen molar-refractivity contribution in [3.63, 3.8) is 0 Å². The summed E-state index contributed by atoms with van der Waals surface area (Å²) in [4.78, 5) is 10.6. The normalized spacial score (nSPS) is 10.5. The number of esters is 1. The minimum atomic E-state index is -0.362. The van der Waals surface area contributed by atoms with Crippen LogP contribution < -0.4 is 5.32 Å². The molecular weight excluding hydrogens is 198 g/mol. The first-order chi connectivity index (χ1) is 7.31. The van der Waals surface area contributed by atoms with E-state index in [1.54, 1.807) is 13.3 Å². The molecule has 0 rings (SSSR count). The van der Waals surface area contributed by atoms with Gasteiger partial charge in [0.05, 0.1) is 20.3 Å². The minimum Gasteiger partial charge on any atom is -0.466 e. The van der Waals surface area contributed by atoms with Crippen molar-refractivity contribution in [1.29, 1.82) is 0 Å². The van der Waals surface area contributed by atoms with Crippen molar-refractivity contribution in [2.24, 2.45) is 0 Å². The van der Waals surface area contributed by atoms with E-state index in [-0.39, 0.29) is 5.97 Å². The maximum atomic E-state index is 10.6. The van der Waals surface area contributed by atoms with Gasteiger partial charge in [0.2, 0.25) is 0 Å². The highest BCUT2D eigenvalue weighted by molar-refractivity contribution is 5.81. The van der Waals surface area contributed by atoms with Crippen molar-refractivity contribution in [3.05, 3.63) is 12.3 Å². The van der Waals surface area contributed by atoms with Gasteiger partial charge in [-0.05, 0) is 6.42 Å². The van der Waals surface area contributed by atoms with Gasteiger partial charge in [-0.2, -0.15) is 0 Å². The van der Waals surface area contributed by atoms with Crippen LogP contribution in [0.25, 0.3) is 0 Å². The summed E-state index contributed by atoms with van der Waals surface area (Å²) in [6.07, 6.45) is 3.79. The first-order valence-corrected chi connectivity index (χ1v) is 4.86. The molecule has 0 heterocycles. The van der Waals surface area contributed by atoms with Crippen LogP contribution in [0.1, 0.15) is 6.42 Å². The van der Waals surface area contributed by atoms with E-state index >= 15 is 0 Å². The molecule has 0 unspecified atom stereocenters. The Labute approximate surface area is 90.4 Å². The molecule has 5 nitrogen and oxygen atoms in total. The van der Waals surface area contributed by atoms with Crippen LogP contribution in [0, 0.1) is 0 Å². The Morgan fingerprint density at radius 1 is 1.27 bits per heavy atom. The van der Waals surface area contributed by atoms with Crippen LogP contribution >= 0.6 is 0 Å². The van der Waals surface area contributed by atoms with E-state index in [1.807, 2.05) is 0 Å². The molecule has 15 heavy (non-hydrogen) atoms. The zero-order chi connectivity index (χ0) is 11.4. The molecule has 0 aliphatic heterocycles. The highest BCUT2D eigenvalue weighted by Gasteiger charge is 1.90. The lowest BCUT2D eigenvalue weighted by Crippen LogP contribution is -2.12. The van der Waals surface area contributed by atoms with Gasteiger partial charge in [0.1, 0.15) is 0 Å². The summed E-state index contributed by atoms with van der Waals surface area (Å²) in [5.74, 6) is -0.362.